The first-order chi connectivity index (χ1) is 14.8. The van der Waals surface area contributed by atoms with Gasteiger partial charge in [0.15, 0.2) is 0 Å². The van der Waals surface area contributed by atoms with Crippen molar-refractivity contribution in [2.24, 2.45) is 0 Å². The first-order valence-electron chi connectivity index (χ1n) is 10.2. The number of tetrazole rings is 1. The Morgan fingerprint density at radius 3 is 2.13 bits per heavy atom. The third-order valence-corrected chi connectivity index (χ3v) is 5.53. The van der Waals surface area contributed by atoms with Crippen LogP contribution in [0.1, 0.15) is 22.5 Å². The summed E-state index contributed by atoms with van der Waals surface area (Å²) in [6, 6.07) is 29.0. The molecule has 0 spiro atoms. The topological polar surface area (TPSA) is 48.0 Å². The van der Waals surface area contributed by atoms with E-state index in [1.54, 1.807) is 0 Å². The molecule has 1 aromatic heterocycles. The monoisotopic (exact) mass is 418 g/mol. The SMILES string of the molecule is Clc1ccccc1C[NH+](Cc1ccccc1)Cc1nnnn1CCc1ccccc1. The van der Waals surface area contributed by atoms with Crippen LogP contribution in [0.2, 0.25) is 5.02 Å². The molecule has 30 heavy (non-hydrogen) atoms. The molecule has 1 heterocycles. The van der Waals surface area contributed by atoms with Crippen LogP contribution in [-0.4, -0.2) is 20.2 Å². The number of aromatic nitrogens is 4. The van der Waals surface area contributed by atoms with Crippen LogP contribution in [0.5, 0.6) is 0 Å². The Labute approximate surface area is 181 Å². The van der Waals surface area contributed by atoms with Crippen LogP contribution in [0.4, 0.5) is 0 Å². The smallest absolute Gasteiger partial charge is 0.206 e. The van der Waals surface area contributed by atoms with Crippen LogP contribution in [-0.2, 0) is 32.6 Å². The zero-order chi connectivity index (χ0) is 20.6. The maximum Gasteiger partial charge on any atom is 0.206 e. The standard InChI is InChI=1S/C24H24ClN5/c25-23-14-8-7-13-22(23)18-29(17-21-11-5-2-6-12-21)19-24-26-27-28-30(24)16-15-20-9-3-1-4-10-20/h1-14H,15-19H2/p+1. The maximum absolute atomic E-state index is 6.44. The van der Waals surface area contributed by atoms with Gasteiger partial charge in [-0.25, -0.2) is 4.68 Å². The number of benzene rings is 3. The van der Waals surface area contributed by atoms with Crippen molar-refractivity contribution in [3.05, 3.63) is 112 Å². The number of nitrogens with zero attached hydrogens (tertiary/aromatic N) is 4. The predicted molar refractivity (Wildman–Crippen MR) is 118 cm³/mol. The van der Waals surface area contributed by atoms with Crippen molar-refractivity contribution in [1.82, 2.24) is 20.2 Å². The number of hydrogen-bond acceptors (Lipinski definition) is 3. The summed E-state index contributed by atoms with van der Waals surface area (Å²) in [4.78, 5) is 1.34. The van der Waals surface area contributed by atoms with Gasteiger partial charge in [0.2, 0.25) is 5.82 Å². The van der Waals surface area contributed by atoms with Gasteiger partial charge in [-0.1, -0.05) is 90.5 Å². The van der Waals surface area contributed by atoms with Gasteiger partial charge in [0.1, 0.15) is 19.6 Å². The fourth-order valence-corrected chi connectivity index (χ4v) is 3.81. The highest BCUT2D eigenvalue weighted by atomic mass is 35.5. The molecule has 4 rings (SSSR count). The van der Waals surface area contributed by atoms with Gasteiger partial charge in [-0.05, 0) is 28.5 Å². The number of halogens is 1. The Balaban J connectivity index is 1.50. The molecule has 1 N–H and O–H groups in total. The van der Waals surface area contributed by atoms with E-state index >= 15 is 0 Å². The molecule has 4 aromatic rings. The van der Waals surface area contributed by atoms with E-state index in [1.165, 1.54) is 16.0 Å². The van der Waals surface area contributed by atoms with Crippen molar-refractivity contribution in [3.8, 4) is 0 Å². The van der Waals surface area contributed by atoms with Crippen LogP contribution in [0, 0.1) is 0 Å². The van der Waals surface area contributed by atoms with Crippen molar-refractivity contribution in [2.45, 2.75) is 32.6 Å². The lowest BCUT2D eigenvalue weighted by molar-refractivity contribution is -0.941. The third kappa shape index (κ3) is 5.53. The van der Waals surface area contributed by atoms with Crippen molar-refractivity contribution in [3.63, 3.8) is 0 Å². The summed E-state index contributed by atoms with van der Waals surface area (Å²) in [5.74, 6) is 0.893. The molecule has 0 aliphatic rings. The maximum atomic E-state index is 6.44. The van der Waals surface area contributed by atoms with Gasteiger partial charge in [-0.3, -0.25) is 0 Å². The average molecular weight is 419 g/mol. The molecule has 152 valence electrons. The summed E-state index contributed by atoms with van der Waals surface area (Å²) in [5, 5.41) is 13.3. The lowest BCUT2D eigenvalue weighted by atomic mass is 10.1. The molecule has 0 amide bonds. The lowest BCUT2D eigenvalue weighted by Crippen LogP contribution is -3.08. The van der Waals surface area contributed by atoms with Gasteiger partial charge in [0.05, 0.1) is 0 Å². The van der Waals surface area contributed by atoms with Crippen molar-refractivity contribution in [1.29, 1.82) is 0 Å². The first kappa shape index (κ1) is 20.3. The third-order valence-electron chi connectivity index (χ3n) is 5.16. The summed E-state index contributed by atoms with van der Waals surface area (Å²) in [6.45, 7) is 3.16. The molecule has 1 unspecified atom stereocenters. The zero-order valence-electron chi connectivity index (χ0n) is 16.8. The number of hydrogen-bond donors (Lipinski definition) is 1. The zero-order valence-corrected chi connectivity index (χ0v) is 17.5. The van der Waals surface area contributed by atoms with E-state index in [9.17, 15) is 0 Å². The molecular formula is C24H25ClN5+. The number of nitrogens with one attached hydrogen (secondary N) is 1. The number of rotatable bonds is 9. The summed E-state index contributed by atoms with van der Waals surface area (Å²) in [6.07, 6.45) is 0.900. The molecule has 5 nitrogen and oxygen atoms in total. The van der Waals surface area contributed by atoms with Crippen molar-refractivity contribution < 1.29 is 4.90 Å². The van der Waals surface area contributed by atoms with Gasteiger partial charge in [-0.2, -0.15) is 0 Å². The van der Waals surface area contributed by atoms with E-state index in [1.807, 2.05) is 35.0 Å². The Bertz CT molecular complexity index is 1050. The molecule has 0 saturated carbocycles. The van der Waals surface area contributed by atoms with Crippen LogP contribution >= 0.6 is 11.6 Å². The van der Waals surface area contributed by atoms with E-state index in [-0.39, 0.29) is 0 Å². The van der Waals surface area contributed by atoms with E-state index in [0.717, 1.165) is 49.0 Å². The quantitative estimate of drug-likeness (QED) is 0.453. The molecule has 0 bridgehead atoms. The van der Waals surface area contributed by atoms with Crippen LogP contribution in [0.15, 0.2) is 84.9 Å². The molecule has 0 aliphatic carbocycles. The molecule has 0 radical (unpaired) electrons. The Kier molecular flexibility index (Phi) is 6.85. The molecule has 3 aromatic carbocycles. The Morgan fingerprint density at radius 1 is 0.733 bits per heavy atom. The van der Waals surface area contributed by atoms with Gasteiger partial charge >= 0.3 is 0 Å². The second-order valence-electron chi connectivity index (χ2n) is 7.41. The largest absolute Gasteiger partial charge is 0.321 e. The van der Waals surface area contributed by atoms with Crippen LogP contribution in [0.3, 0.4) is 0 Å². The lowest BCUT2D eigenvalue weighted by Gasteiger charge is -2.20. The minimum Gasteiger partial charge on any atom is -0.321 e. The van der Waals surface area contributed by atoms with Gasteiger partial charge in [0, 0.05) is 22.7 Å². The Morgan fingerprint density at radius 2 is 1.40 bits per heavy atom. The van der Waals surface area contributed by atoms with Crippen molar-refractivity contribution in [2.75, 3.05) is 0 Å². The fraction of sp³-hybridized carbons (Fsp3) is 0.208. The predicted octanol–water partition coefficient (Wildman–Crippen LogP) is 3.35. The highest BCUT2D eigenvalue weighted by molar-refractivity contribution is 6.31. The average Bonchev–Trinajstić information content (AvgIpc) is 3.22. The highest BCUT2D eigenvalue weighted by Gasteiger charge is 2.18. The van der Waals surface area contributed by atoms with E-state index in [4.69, 9.17) is 11.6 Å². The second-order valence-corrected chi connectivity index (χ2v) is 7.82. The molecule has 6 heteroatoms. The van der Waals surface area contributed by atoms with E-state index in [0.29, 0.717) is 0 Å². The van der Waals surface area contributed by atoms with Crippen LogP contribution in [0.25, 0.3) is 0 Å². The number of quaternary nitrogens is 1. The summed E-state index contributed by atoms with van der Waals surface area (Å²) < 4.78 is 1.92. The minimum atomic E-state index is 0.724. The normalized spacial score (nSPS) is 12.0. The van der Waals surface area contributed by atoms with Crippen LogP contribution < -0.4 is 4.90 Å². The van der Waals surface area contributed by atoms with Crippen molar-refractivity contribution >= 4 is 11.6 Å². The molecule has 0 saturated heterocycles. The molecular weight excluding hydrogens is 394 g/mol. The second kappa shape index (κ2) is 10.1. The van der Waals surface area contributed by atoms with E-state index < -0.39 is 0 Å². The number of aryl methyl sites for hydroxylation is 2. The molecule has 1 atom stereocenters. The van der Waals surface area contributed by atoms with Gasteiger partial charge in [0.25, 0.3) is 0 Å². The fourth-order valence-electron chi connectivity index (χ4n) is 3.61. The minimum absolute atomic E-state index is 0.724. The summed E-state index contributed by atoms with van der Waals surface area (Å²) >= 11 is 6.44. The Hall–Kier alpha value is -3.02. The summed E-state index contributed by atoms with van der Waals surface area (Å²) in [7, 11) is 0. The van der Waals surface area contributed by atoms with Gasteiger partial charge in [-0.15, -0.1) is 5.10 Å². The van der Waals surface area contributed by atoms with E-state index in [2.05, 4.69) is 70.1 Å². The van der Waals surface area contributed by atoms with Gasteiger partial charge < -0.3 is 4.90 Å². The highest BCUT2D eigenvalue weighted by Crippen LogP contribution is 2.14. The first-order valence-corrected chi connectivity index (χ1v) is 10.6. The molecule has 0 fully saturated rings. The summed E-state index contributed by atoms with van der Waals surface area (Å²) in [5.41, 5.74) is 3.69. The molecule has 0 aliphatic heterocycles.